The van der Waals surface area contributed by atoms with E-state index in [1.165, 1.54) is 19.3 Å². The fourth-order valence-corrected chi connectivity index (χ4v) is 3.41. The Morgan fingerprint density at radius 2 is 2.08 bits per heavy atom. The van der Waals surface area contributed by atoms with Gasteiger partial charge in [0.1, 0.15) is 5.82 Å². The molecule has 1 fully saturated rings. The lowest BCUT2D eigenvalue weighted by molar-refractivity contribution is 0.251. The van der Waals surface area contributed by atoms with E-state index in [0.717, 1.165) is 42.9 Å². The summed E-state index contributed by atoms with van der Waals surface area (Å²) >= 11 is 0. The number of nitrogens with zero attached hydrogens (tertiary/aromatic N) is 4. The molecule has 0 spiro atoms. The standard InChI is InChI=1S/C18H28N6O/c1-14-12-20-23(13-14)10-6-9-19-18(25)21-17-11-15(2)22-24(17)16-7-4-3-5-8-16/h11-13,16H,3-10H2,1-2H3,(H2,19,21,25). The van der Waals surface area contributed by atoms with Crippen molar-refractivity contribution in [3.8, 4) is 0 Å². The number of urea groups is 1. The van der Waals surface area contributed by atoms with Crippen LogP contribution in [0.25, 0.3) is 0 Å². The third-order valence-electron chi connectivity index (χ3n) is 4.63. The Balaban J connectivity index is 1.47. The van der Waals surface area contributed by atoms with Crippen molar-refractivity contribution < 1.29 is 4.79 Å². The Morgan fingerprint density at radius 1 is 1.28 bits per heavy atom. The van der Waals surface area contributed by atoms with E-state index in [0.29, 0.717) is 12.6 Å². The number of nitrogens with one attached hydrogen (secondary N) is 2. The van der Waals surface area contributed by atoms with Gasteiger partial charge in [0.15, 0.2) is 0 Å². The molecule has 2 heterocycles. The van der Waals surface area contributed by atoms with E-state index in [4.69, 9.17) is 0 Å². The van der Waals surface area contributed by atoms with Crippen LogP contribution in [-0.4, -0.2) is 32.1 Å². The molecule has 1 saturated carbocycles. The summed E-state index contributed by atoms with van der Waals surface area (Å²) in [6.45, 7) is 5.40. The van der Waals surface area contributed by atoms with E-state index in [-0.39, 0.29) is 6.03 Å². The molecule has 136 valence electrons. The third-order valence-corrected chi connectivity index (χ3v) is 4.63. The van der Waals surface area contributed by atoms with Crippen molar-refractivity contribution in [2.75, 3.05) is 11.9 Å². The van der Waals surface area contributed by atoms with Crippen LogP contribution in [0.2, 0.25) is 0 Å². The molecule has 2 aromatic heterocycles. The molecule has 0 aromatic carbocycles. The van der Waals surface area contributed by atoms with E-state index in [1.54, 1.807) is 0 Å². The van der Waals surface area contributed by atoms with Crippen LogP contribution < -0.4 is 10.6 Å². The molecule has 2 amide bonds. The average molecular weight is 344 g/mol. The minimum Gasteiger partial charge on any atom is -0.338 e. The summed E-state index contributed by atoms with van der Waals surface area (Å²) in [7, 11) is 0. The van der Waals surface area contributed by atoms with Crippen molar-refractivity contribution in [2.45, 2.75) is 65.0 Å². The fourth-order valence-electron chi connectivity index (χ4n) is 3.41. The Kier molecular flexibility index (Phi) is 5.73. The van der Waals surface area contributed by atoms with Crippen LogP contribution in [0, 0.1) is 13.8 Å². The predicted octanol–water partition coefficient (Wildman–Crippen LogP) is 3.41. The minimum absolute atomic E-state index is 0.173. The van der Waals surface area contributed by atoms with Crippen molar-refractivity contribution in [3.05, 3.63) is 29.7 Å². The maximum Gasteiger partial charge on any atom is 0.320 e. The molecule has 0 radical (unpaired) electrons. The van der Waals surface area contributed by atoms with Crippen molar-refractivity contribution in [2.24, 2.45) is 0 Å². The fraction of sp³-hybridized carbons (Fsp3) is 0.611. The minimum atomic E-state index is -0.173. The number of carbonyl (C=O) groups excluding carboxylic acids is 1. The highest BCUT2D eigenvalue weighted by Gasteiger charge is 2.20. The molecular weight excluding hydrogens is 316 g/mol. The topological polar surface area (TPSA) is 76.8 Å². The van der Waals surface area contributed by atoms with Gasteiger partial charge in [0, 0.05) is 25.4 Å². The first-order valence-corrected chi connectivity index (χ1v) is 9.22. The van der Waals surface area contributed by atoms with Gasteiger partial charge in [0.05, 0.1) is 17.9 Å². The predicted molar refractivity (Wildman–Crippen MR) is 97.7 cm³/mol. The lowest BCUT2D eigenvalue weighted by Crippen LogP contribution is -2.31. The molecule has 0 bridgehead atoms. The van der Waals surface area contributed by atoms with Crippen molar-refractivity contribution in [1.29, 1.82) is 0 Å². The molecule has 7 nitrogen and oxygen atoms in total. The number of aryl methyl sites for hydroxylation is 3. The van der Waals surface area contributed by atoms with Gasteiger partial charge in [-0.05, 0) is 38.7 Å². The molecule has 25 heavy (non-hydrogen) atoms. The molecule has 3 rings (SSSR count). The highest BCUT2D eigenvalue weighted by molar-refractivity contribution is 5.88. The molecular formula is C18H28N6O. The van der Waals surface area contributed by atoms with Crippen LogP contribution in [0.3, 0.4) is 0 Å². The Hall–Kier alpha value is -2.31. The maximum absolute atomic E-state index is 12.2. The molecule has 2 aromatic rings. The zero-order valence-electron chi connectivity index (χ0n) is 15.2. The van der Waals surface area contributed by atoms with Gasteiger partial charge < -0.3 is 5.32 Å². The number of hydrogen-bond donors (Lipinski definition) is 2. The first-order chi connectivity index (χ1) is 12.1. The van der Waals surface area contributed by atoms with Crippen LogP contribution in [0.1, 0.15) is 55.8 Å². The monoisotopic (exact) mass is 344 g/mol. The average Bonchev–Trinajstić information content (AvgIpc) is 3.18. The Labute approximate surface area is 148 Å². The van der Waals surface area contributed by atoms with Crippen LogP contribution in [0.4, 0.5) is 10.6 Å². The largest absolute Gasteiger partial charge is 0.338 e. The highest BCUT2D eigenvalue weighted by atomic mass is 16.2. The zero-order chi connectivity index (χ0) is 17.6. The van der Waals surface area contributed by atoms with E-state index >= 15 is 0 Å². The zero-order valence-corrected chi connectivity index (χ0v) is 15.2. The lowest BCUT2D eigenvalue weighted by atomic mass is 9.96. The Bertz CT molecular complexity index is 698. The van der Waals surface area contributed by atoms with Crippen molar-refractivity contribution >= 4 is 11.8 Å². The summed E-state index contributed by atoms with van der Waals surface area (Å²) in [6.07, 6.45) is 10.7. The van der Waals surface area contributed by atoms with Crippen LogP contribution in [0.15, 0.2) is 18.5 Å². The van der Waals surface area contributed by atoms with Gasteiger partial charge in [-0.25, -0.2) is 9.48 Å². The van der Waals surface area contributed by atoms with Crippen LogP contribution in [0.5, 0.6) is 0 Å². The molecule has 7 heteroatoms. The van der Waals surface area contributed by atoms with E-state index < -0.39 is 0 Å². The summed E-state index contributed by atoms with van der Waals surface area (Å²) in [5.74, 6) is 0.796. The van der Waals surface area contributed by atoms with Gasteiger partial charge in [-0.2, -0.15) is 10.2 Å². The number of aromatic nitrogens is 4. The van der Waals surface area contributed by atoms with Crippen LogP contribution >= 0.6 is 0 Å². The number of hydrogen-bond acceptors (Lipinski definition) is 3. The Morgan fingerprint density at radius 3 is 2.80 bits per heavy atom. The normalized spacial score (nSPS) is 15.3. The second kappa shape index (κ2) is 8.18. The smallest absolute Gasteiger partial charge is 0.320 e. The second-order valence-electron chi connectivity index (χ2n) is 6.92. The molecule has 1 aliphatic carbocycles. The molecule has 1 aliphatic rings. The molecule has 0 aliphatic heterocycles. The van der Waals surface area contributed by atoms with Gasteiger partial charge in [0.25, 0.3) is 0 Å². The first kappa shape index (κ1) is 17.5. The highest BCUT2D eigenvalue weighted by Crippen LogP contribution is 2.30. The van der Waals surface area contributed by atoms with Gasteiger partial charge in [-0.15, -0.1) is 0 Å². The number of amides is 2. The summed E-state index contributed by atoms with van der Waals surface area (Å²) in [5.41, 5.74) is 2.09. The first-order valence-electron chi connectivity index (χ1n) is 9.22. The van der Waals surface area contributed by atoms with Crippen LogP contribution in [-0.2, 0) is 6.54 Å². The number of carbonyl (C=O) groups is 1. The molecule has 0 atom stereocenters. The summed E-state index contributed by atoms with van der Waals surface area (Å²) in [5, 5.41) is 14.7. The van der Waals surface area contributed by atoms with Gasteiger partial charge in [-0.1, -0.05) is 19.3 Å². The van der Waals surface area contributed by atoms with Gasteiger partial charge in [0.2, 0.25) is 0 Å². The second-order valence-corrected chi connectivity index (χ2v) is 6.92. The molecule has 0 unspecified atom stereocenters. The van der Waals surface area contributed by atoms with Gasteiger partial charge in [-0.3, -0.25) is 10.00 Å². The number of rotatable bonds is 6. The van der Waals surface area contributed by atoms with Crippen molar-refractivity contribution in [3.63, 3.8) is 0 Å². The molecule has 2 N–H and O–H groups in total. The van der Waals surface area contributed by atoms with E-state index in [1.807, 2.05) is 41.7 Å². The summed E-state index contributed by atoms with van der Waals surface area (Å²) in [6, 6.07) is 2.18. The molecule has 0 saturated heterocycles. The number of anilines is 1. The van der Waals surface area contributed by atoms with Gasteiger partial charge >= 0.3 is 6.03 Å². The third kappa shape index (κ3) is 4.84. The van der Waals surface area contributed by atoms with E-state index in [9.17, 15) is 4.79 Å². The lowest BCUT2D eigenvalue weighted by Gasteiger charge is -2.24. The SMILES string of the molecule is Cc1cnn(CCCNC(=O)Nc2cc(C)nn2C2CCCCC2)c1. The van der Waals surface area contributed by atoms with Crippen molar-refractivity contribution in [1.82, 2.24) is 24.9 Å². The summed E-state index contributed by atoms with van der Waals surface area (Å²) in [4.78, 5) is 12.2. The maximum atomic E-state index is 12.2. The van der Waals surface area contributed by atoms with E-state index in [2.05, 4.69) is 20.8 Å². The quantitative estimate of drug-likeness (QED) is 0.788. The summed E-state index contributed by atoms with van der Waals surface area (Å²) < 4.78 is 3.90.